The molecule has 0 aromatic heterocycles. The minimum atomic E-state index is 0. The number of amides is 1. The van der Waals surface area contributed by atoms with E-state index in [1.54, 1.807) is 0 Å². The van der Waals surface area contributed by atoms with E-state index in [2.05, 4.69) is 28.5 Å². The number of benzene rings is 1. The highest BCUT2D eigenvalue weighted by Gasteiger charge is 2.31. The average molecular weight is 555 g/mol. The third kappa shape index (κ3) is 6.08. The zero-order chi connectivity index (χ0) is 21.6. The summed E-state index contributed by atoms with van der Waals surface area (Å²) in [5.41, 5.74) is 3.62. The normalized spacial score (nSPS) is 21.6. The van der Waals surface area contributed by atoms with Gasteiger partial charge in [-0.15, -0.1) is 24.0 Å². The second-order valence-corrected chi connectivity index (χ2v) is 9.35. The predicted octanol–water partition coefficient (Wildman–Crippen LogP) is 4.13. The summed E-state index contributed by atoms with van der Waals surface area (Å²) in [5.74, 6) is 1.71. The molecule has 7 heteroatoms. The van der Waals surface area contributed by atoms with Crippen LogP contribution in [-0.4, -0.2) is 47.5 Å². The quantitative estimate of drug-likeness (QED) is 0.291. The fraction of sp³-hybridized carbons (Fsp3) is 0.680. The van der Waals surface area contributed by atoms with E-state index >= 15 is 0 Å². The maximum atomic E-state index is 12.9. The number of aromatic hydroxyl groups is 1. The van der Waals surface area contributed by atoms with E-state index in [1.807, 2.05) is 6.07 Å². The molecule has 1 amide bonds. The number of guanidine groups is 1. The minimum Gasteiger partial charge on any atom is -0.508 e. The molecular weight excluding hydrogens is 515 g/mol. The van der Waals surface area contributed by atoms with Crippen molar-refractivity contribution >= 4 is 35.8 Å². The maximum Gasteiger partial charge on any atom is 0.225 e. The first-order valence-corrected chi connectivity index (χ1v) is 12.3. The molecule has 6 nitrogen and oxygen atoms in total. The third-order valence-electron chi connectivity index (χ3n) is 7.16. The molecule has 0 spiro atoms. The minimum absolute atomic E-state index is 0. The second kappa shape index (κ2) is 12.1. The van der Waals surface area contributed by atoms with Crippen LogP contribution in [0.4, 0.5) is 0 Å². The number of carbonyl (C=O) groups excluding carboxylic acids is 1. The molecule has 0 radical (unpaired) electrons. The molecular formula is C25H39IN4O2. The van der Waals surface area contributed by atoms with Crippen LogP contribution in [0.2, 0.25) is 0 Å². The number of fused-ring (bicyclic) bond motifs is 1. The highest BCUT2D eigenvalue weighted by molar-refractivity contribution is 14.0. The van der Waals surface area contributed by atoms with Gasteiger partial charge in [-0.1, -0.05) is 25.3 Å². The number of carbonyl (C=O) groups is 1. The molecule has 1 aromatic rings. The van der Waals surface area contributed by atoms with Gasteiger partial charge in [0.2, 0.25) is 5.91 Å². The molecule has 4 rings (SSSR count). The van der Waals surface area contributed by atoms with Crippen molar-refractivity contribution in [3.63, 3.8) is 0 Å². The predicted molar refractivity (Wildman–Crippen MR) is 140 cm³/mol. The van der Waals surface area contributed by atoms with E-state index < -0.39 is 0 Å². The van der Waals surface area contributed by atoms with E-state index in [9.17, 15) is 9.90 Å². The fourth-order valence-electron chi connectivity index (χ4n) is 5.43. The van der Waals surface area contributed by atoms with Crippen LogP contribution < -0.4 is 10.6 Å². The first kappa shape index (κ1) is 25.1. The number of phenols is 1. The lowest BCUT2D eigenvalue weighted by atomic mass is 9.88. The van der Waals surface area contributed by atoms with Gasteiger partial charge in [0.05, 0.1) is 6.54 Å². The summed E-state index contributed by atoms with van der Waals surface area (Å²) in [5, 5.41) is 17.3. The lowest BCUT2D eigenvalue weighted by Crippen LogP contribution is -2.45. The zero-order valence-electron chi connectivity index (χ0n) is 19.4. The Labute approximate surface area is 209 Å². The summed E-state index contributed by atoms with van der Waals surface area (Å²) < 4.78 is 0. The maximum absolute atomic E-state index is 12.9. The molecule has 178 valence electrons. The number of phenolic OH excluding ortho intramolecular Hbond substituents is 1. The van der Waals surface area contributed by atoms with E-state index in [0.29, 0.717) is 18.2 Å². The summed E-state index contributed by atoms with van der Waals surface area (Å²) >= 11 is 0. The van der Waals surface area contributed by atoms with Crippen molar-refractivity contribution in [2.24, 2.45) is 10.9 Å². The number of aliphatic imine (C=N–C) groups is 1. The van der Waals surface area contributed by atoms with Crippen LogP contribution >= 0.6 is 24.0 Å². The van der Waals surface area contributed by atoms with E-state index in [-0.39, 0.29) is 35.9 Å². The number of likely N-dealkylation sites (tertiary alicyclic amines) is 1. The van der Waals surface area contributed by atoms with E-state index in [1.165, 1.54) is 43.2 Å². The van der Waals surface area contributed by atoms with Crippen molar-refractivity contribution < 1.29 is 9.90 Å². The Balaban J connectivity index is 0.00000289. The number of halogens is 1. The smallest absolute Gasteiger partial charge is 0.225 e. The molecule has 3 N–H and O–H groups in total. The summed E-state index contributed by atoms with van der Waals surface area (Å²) in [6, 6.07) is 4.11. The molecule has 32 heavy (non-hydrogen) atoms. The molecule has 1 aliphatic heterocycles. The molecule has 1 atom stereocenters. The van der Waals surface area contributed by atoms with Crippen LogP contribution in [0.15, 0.2) is 17.1 Å². The molecule has 1 saturated heterocycles. The number of hydrogen-bond acceptors (Lipinski definition) is 3. The summed E-state index contributed by atoms with van der Waals surface area (Å²) in [4.78, 5) is 19.7. The highest BCUT2D eigenvalue weighted by Crippen LogP contribution is 2.31. The number of aryl methyl sites for hydroxylation is 1. The van der Waals surface area contributed by atoms with Gasteiger partial charge >= 0.3 is 0 Å². The molecule has 3 aliphatic rings. The van der Waals surface area contributed by atoms with Gasteiger partial charge in [-0.05, 0) is 69.1 Å². The lowest BCUT2D eigenvalue weighted by molar-refractivity contribution is -0.135. The van der Waals surface area contributed by atoms with Gasteiger partial charge in [-0.25, -0.2) is 4.99 Å². The third-order valence-corrected chi connectivity index (χ3v) is 7.16. The number of hydrogen-bond donors (Lipinski definition) is 3. The monoisotopic (exact) mass is 554 g/mol. The SMILES string of the molecule is CCNC(=NCc1c(O)ccc2c1CCCC2)NC1CCN(C(=O)C2CCCCC2)C1.I. The van der Waals surface area contributed by atoms with Gasteiger partial charge in [-0.2, -0.15) is 0 Å². The average Bonchev–Trinajstić information content (AvgIpc) is 3.27. The second-order valence-electron chi connectivity index (χ2n) is 9.35. The summed E-state index contributed by atoms with van der Waals surface area (Å²) in [6.07, 6.45) is 11.3. The Morgan fingerprint density at radius 1 is 1.12 bits per heavy atom. The van der Waals surface area contributed by atoms with Crippen molar-refractivity contribution in [1.29, 1.82) is 0 Å². The Morgan fingerprint density at radius 2 is 1.91 bits per heavy atom. The number of rotatable bonds is 5. The van der Waals surface area contributed by atoms with Crippen LogP contribution in [0.5, 0.6) is 5.75 Å². The topological polar surface area (TPSA) is 77.0 Å². The van der Waals surface area contributed by atoms with Crippen molar-refractivity contribution in [2.45, 2.75) is 83.7 Å². The van der Waals surface area contributed by atoms with Crippen molar-refractivity contribution in [1.82, 2.24) is 15.5 Å². The van der Waals surface area contributed by atoms with Gasteiger partial charge in [0.1, 0.15) is 5.75 Å². The Morgan fingerprint density at radius 3 is 2.69 bits per heavy atom. The van der Waals surface area contributed by atoms with Crippen LogP contribution in [0, 0.1) is 5.92 Å². The standard InChI is InChI=1S/C25H38N4O2.HI/c1-2-26-25(27-16-22-21-11-7-6-8-18(21)12-13-23(22)30)28-20-14-15-29(17-20)24(31)19-9-4-3-5-10-19;/h12-13,19-20,30H,2-11,14-17H2,1H3,(H2,26,27,28);1H. The first-order chi connectivity index (χ1) is 15.2. The summed E-state index contributed by atoms with van der Waals surface area (Å²) in [6.45, 7) is 4.90. The van der Waals surface area contributed by atoms with Crippen LogP contribution in [0.1, 0.15) is 75.0 Å². The van der Waals surface area contributed by atoms with Crippen LogP contribution in [0.3, 0.4) is 0 Å². The van der Waals surface area contributed by atoms with Gasteiger partial charge in [-0.3, -0.25) is 4.79 Å². The number of nitrogens with zero attached hydrogens (tertiary/aromatic N) is 2. The molecule has 2 aliphatic carbocycles. The Kier molecular flexibility index (Phi) is 9.49. The Bertz CT molecular complexity index is 807. The van der Waals surface area contributed by atoms with Gasteiger partial charge < -0.3 is 20.6 Å². The zero-order valence-corrected chi connectivity index (χ0v) is 21.7. The van der Waals surface area contributed by atoms with Crippen molar-refractivity contribution in [3.05, 3.63) is 28.8 Å². The van der Waals surface area contributed by atoms with E-state index in [0.717, 1.165) is 63.3 Å². The van der Waals surface area contributed by atoms with E-state index in [4.69, 9.17) is 4.99 Å². The van der Waals surface area contributed by atoms with Gasteiger partial charge in [0, 0.05) is 37.2 Å². The number of nitrogens with one attached hydrogen (secondary N) is 2. The summed E-state index contributed by atoms with van der Waals surface area (Å²) in [7, 11) is 0. The first-order valence-electron chi connectivity index (χ1n) is 12.3. The van der Waals surface area contributed by atoms with Crippen LogP contribution in [-0.2, 0) is 24.2 Å². The molecule has 0 bridgehead atoms. The molecule has 1 aromatic carbocycles. The van der Waals surface area contributed by atoms with Gasteiger partial charge in [0.25, 0.3) is 0 Å². The molecule has 2 fully saturated rings. The Hall–Kier alpha value is -1.51. The van der Waals surface area contributed by atoms with Gasteiger partial charge in [0.15, 0.2) is 5.96 Å². The fourth-order valence-corrected chi connectivity index (χ4v) is 5.43. The molecule has 1 unspecified atom stereocenters. The molecule has 1 saturated carbocycles. The van der Waals surface area contributed by atoms with Crippen molar-refractivity contribution in [2.75, 3.05) is 19.6 Å². The highest BCUT2D eigenvalue weighted by atomic mass is 127. The largest absolute Gasteiger partial charge is 0.508 e. The van der Waals surface area contributed by atoms with Crippen molar-refractivity contribution in [3.8, 4) is 5.75 Å². The lowest BCUT2D eigenvalue weighted by Gasteiger charge is -2.26. The van der Waals surface area contributed by atoms with Crippen LogP contribution in [0.25, 0.3) is 0 Å². The molecule has 1 heterocycles.